The van der Waals surface area contributed by atoms with Gasteiger partial charge in [0, 0.05) is 5.56 Å². The summed E-state index contributed by atoms with van der Waals surface area (Å²) in [5.41, 5.74) is 0.0337. The van der Waals surface area contributed by atoms with Crippen molar-refractivity contribution in [3.63, 3.8) is 0 Å². The molecule has 162 valence electrons. The van der Waals surface area contributed by atoms with Crippen LogP contribution < -0.4 is 0 Å². The first kappa shape index (κ1) is 23.5. The van der Waals surface area contributed by atoms with Crippen LogP contribution in [0.1, 0.15) is 78.1 Å². The molecule has 0 aliphatic heterocycles. The first-order valence-corrected chi connectivity index (χ1v) is 10.4. The average Bonchev–Trinajstić information content (AvgIpc) is 2.75. The van der Waals surface area contributed by atoms with Gasteiger partial charge in [-0.25, -0.2) is 18.4 Å². The zero-order valence-electron chi connectivity index (χ0n) is 17.3. The molecule has 2 rings (SSSR count). The third-order valence-corrected chi connectivity index (χ3v) is 4.71. The normalized spacial score (nSPS) is 10.6. The lowest BCUT2D eigenvalue weighted by molar-refractivity contribution is 0.0433. The number of hydrogen-bond acceptors (Lipinski definition) is 4. The average molecular weight is 418 g/mol. The SMILES string of the molecule is CCCCCCCCCOC(=O)c1ccccc1C(=O)OCc1cc(F)ccc1F. The minimum Gasteiger partial charge on any atom is -0.462 e. The Morgan fingerprint density at radius 3 is 2.07 bits per heavy atom. The fourth-order valence-electron chi connectivity index (χ4n) is 3.02. The lowest BCUT2D eigenvalue weighted by Crippen LogP contribution is -2.14. The zero-order valence-corrected chi connectivity index (χ0v) is 17.3. The molecule has 0 unspecified atom stereocenters. The van der Waals surface area contributed by atoms with Crippen LogP contribution in [0.3, 0.4) is 0 Å². The zero-order chi connectivity index (χ0) is 21.8. The van der Waals surface area contributed by atoms with Crippen LogP contribution in [0, 0.1) is 11.6 Å². The quantitative estimate of drug-likeness (QED) is 0.303. The van der Waals surface area contributed by atoms with Gasteiger partial charge >= 0.3 is 11.9 Å². The summed E-state index contributed by atoms with van der Waals surface area (Å²) in [6, 6.07) is 9.04. The van der Waals surface area contributed by atoms with Crippen LogP contribution in [-0.4, -0.2) is 18.5 Å². The number of esters is 2. The molecule has 0 radical (unpaired) electrons. The van der Waals surface area contributed by atoms with Gasteiger partial charge in [0.05, 0.1) is 17.7 Å². The molecule has 0 saturated heterocycles. The molecule has 0 saturated carbocycles. The lowest BCUT2D eigenvalue weighted by Gasteiger charge is -2.10. The van der Waals surface area contributed by atoms with Crippen molar-refractivity contribution >= 4 is 11.9 Å². The maximum atomic E-state index is 13.7. The Hall–Kier alpha value is -2.76. The lowest BCUT2D eigenvalue weighted by atomic mass is 10.1. The van der Waals surface area contributed by atoms with Crippen LogP contribution in [0.5, 0.6) is 0 Å². The van der Waals surface area contributed by atoms with Crippen molar-refractivity contribution in [2.75, 3.05) is 6.61 Å². The van der Waals surface area contributed by atoms with E-state index in [1.807, 2.05) is 0 Å². The number of benzene rings is 2. The fraction of sp³-hybridized carbons (Fsp3) is 0.417. The summed E-state index contributed by atoms with van der Waals surface area (Å²) in [5.74, 6) is -2.71. The highest BCUT2D eigenvalue weighted by molar-refractivity contribution is 6.03. The molecule has 0 bridgehead atoms. The van der Waals surface area contributed by atoms with Crippen molar-refractivity contribution < 1.29 is 27.8 Å². The molecule has 0 atom stereocenters. The smallest absolute Gasteiger partial charge is 0.339 e. The van der Waals surface area contributed by atoms with Gasteiger partial charge in [0.25, 0.3) is 0 Å². The van der Waals surface area contributed by atoms with E-state index < -0.39 is 30.2 Å². The van der Waals surface area contributed by atoms with Gasteiger partial charge in [-0.3, -0.25) is 0 Å². The van der Waals surface area contributed by atoms with Crippen LogP contribution in [0.4, 0.5) is 8.78 Å². The Morgan fingerprint density at radius 2 is 1.40 bits per heavy atom. The van der Waals surface area contributed by atoms with Crippen molar-refractivity contribution in [2.24, 2.45) is 0 Å². The number of hydrogen-bond donors (Lipinski definition) is 0. The van der Waals surface area contributed by atoms with Crippen LogP contribution in [-0.2, 0) is 16.1 Å². The van der Waals surface area contributed by atoms with E-state index in [0.717, 1.165) is 37.5 Å². The van der Waals surface area contributed by atoms with E-state index >= 15 is 0 Å². The standard InChI is InChI=1S/C24H28F2O4/c1-2-3-4-5-6-7-10-15-29-23(27)20-11-8-9-12-21(20)24(28)30-17-18-16-19(25)13-14-22(18)26/h8-9,11-14,16H,2-7,10,15,17H2,1H3. The molecule has 0 aromatic heterocycles. The predicted molar refractivity (Wildman–Crippen MR) is 110 cm³/mol. The Bertz CT molecular complexity index is 836. The van der Waals surface area contributed by atoms with Gasteiger partial charge in [-0.15, -0.1) is 0 Å². The maximum absolute atomic E-state index is 13.7. The van der Waals surface area contributed by atoms with E-state index in [4.69, 9.17) is 9.47 Å². The summed E-state index contributed by atoms with van der Waals surface area (Å²) >= 11 is 0. The number of halogens is 2. The number of ether oxygens (including phenoxy) is 2. The summed E-state index contributed by atoms with van der Waals surface area (Å²) < 4.78 is 37.3. The summed E-state index contributed by atoms with van der Waals surface area (Å²) in [6.45, 7) is 2.02. The summed E-state index contributed by atoms with van der Waals surface area (Å²) in [6.07, 6.45) is 7.72. The largest absolute Gasteiger partial charge is 0.462 e. The van der Waals surface area contributed by atoms with Gasteiger partial charge in [0.1, 0.15) is 18.2 Å². The van der Waals surface area contributed by atoms with Gasteiger partial charge in [-0.1, -0.05) is 57.6 Å². The topological polar surface area (TPSA) is 52.6 Å². The summed E-state index contributed by atoms with van der Waals surface area (Å²) in [4.78, 5) is 24.8. The molecule has 30 heavy (non-hydrogen) atoms. The fourth-order valence-corrected chi connectivity index (χ4v) is 3.02. The van der Waals surface area contributed by atoms with Crippen molar-refractivity contribution in [3.05, 3.63) is 70.8 Å². The minimum absolute atomic E-state index is 0.0267. The van der Waals surface area contributed by atoms with E-state index in [1.165, 1.54) is 37.8 Å². The molecule has 0 amide bonds. The number of unbranched alkanes of at least 4 members (excludes halogenated alkanes) is 6. The second kappa shape index (κ2) is 12.7. The van der Waals surface area contributed by atoms with E-state index in [1.54, 1.807) is 12.1 Å². The first-order chi connectivity index (χ1) is 14.5. The molecule has 0 heterocycles. The van der Waals surface area contributed by atoms with Crippen LogP contribution in [0.25, 0.3) is 0 Å². The van der Waals surface area contributed by atoms with E-state index in [0.29, 0.717) is 0 Å². The predicted octanol–water partition coefficient (Wildman–Crippen LogP) is 6.23. The van der Waals surface area contributed by atoms with E-state index in [2.05, 4.69) is 6.92 Å². The highest BCUT2D eigenvalue weighted by atomic mass is 19.1. The monoisotopic (exact) mass is 418 g/mol. The summed E-state index contributed by atoms with van der Waals surface area (Å²) in [5, 5.41) is 0. The van der Waals surface area contributed by atoms with Gasteiger partial charge in [0.15, 0.2) is 0 Å². The van der Waals surface area contributed by atoms with Crippen molar-refractivity contribution in [2.45, 2.75) is 58.5 Å². The maximum Gasteiger partial charge on any atom is 0.339 e. The van der Waals surface area contributed by atoms with Gasteiger partial charge < -0.3 is 9.47 Å². The Morgan fingerprint density at radius 1 is 0.800 bits per heavy atom. The third kappa shape index (κ3) is 7.58. The Balaban J connectivity index is 1.86. The second-order valence-corrected chi connectivity index (χ2v) is 7.11. The first-order valence-electron chi connectivity index (χ1n) is 10.4. The van der Waals surface area contributed by atoms with Crippen LogP contribution in [0.2, 0.25) is 0 Å². The molecule has 4 nitrogen and oxygen atoms in total. The van der Waals surface area contributed by atoms with Crippen molar-refractivity contribution in [3.8, 4) is 0 Å². The van der Waals surface area contributed by atoms with Gasteiger partial charge in [-0.05, 0) is 36.8 Å². The molecule has 0 N–H and O–H groups in total. The molecule has 0 aliphatic carbocycles. The second-order valence-electron chi connectivity index (χ2n) is 7.11. The Kier molecular flexibility index (Phi) is 9.98. The molecular formula is C24H28F2O4. The molecule has 0 spiro atoms. The number of rotatable bonds is 12. The van der Waals surface area contributed by atoms with Gasteiger partial charge in [-0.2, -0.15) is 0 Å². The minimum atomic E-state index is -0.804. The highest BCUT2D eigenvalue weighted by Crippen LogP contribution is 2.16. The molecule has 2 aromatic carbocycles. The van der Waals surface area contributed by atoms with Gasteiger partial charge in [0.2, 0.25) is 0 Å². The number of carbonyl (C=O) groups is 2. The van der Waals surface area contributed by atoms with E-state index in [9.17, 15) is 18.4 Å². The Labute approximate surface area is 176 Å². The van der Waals surface area contributed by atoms with Crippen LogP contribution >= 0.6 is 0 Å². The number of carbonyl (C=O) groups excluding carboxylic acids is 2. The molecule has 0 fully saturated rings. The van der Waals surface area contributed by atoms with E-state index in [-0.39, 0.29) is 23.3 Å². The molecule has 6 heteroatoms. The molecule has 0 aliphatic rings. The summed E-state index contributed by atoms with van der Waals surface area (Å²) in [7, 11) is 0. The van der Waals surface area contributed by atoms with Crippen LogP contribution in [0.15, 0.2) is 42.5 Å². The third-order valence-electron chi connectivity index (χ3n) is 4.71. The van der Waals surface area contributed by atoms with Crippen molar-refractivity contribution in [1.82, 2.24) is 0 Å². The molecule has 2 aromatic rings. The molecular weight excluding hydrogens is 390 g/mol. The highest BCUT2D eigenvalue weighted by Gasteiger charge is 2.19. The van der Waals surface area contributed by atoms with Crippen molar-refractivity contribution in [1.29, 1.82) is 0 Å².